The molecule has 35 heavy (non-hydrogen) atoms. The topological polar surface area (TPSA) is 80.8 Å². The van der Waals surface area contributed by atoms with Crippen LogP contribution in [0.4, 0.5) is 5.69 Å². The van der Waals surface area contributed by atoms with Crippen molar-refractivity contribution in [2.45, 2.75) is 52.7 Å². The van der Waals surface area contributed by atoms with Crippen molar-refractivity contribution in [2.24, 2.45) is 0 Å². The summed E-state index contributed by atoms with van der Waals surface area (Å²) in [6, 6.07) is 14.9. The number of pyridine rings is 1. The van der Waals surface area contributed by atoms with Crippen LogP contribution in [-0.4, -0.2) is 47.6 Å². The van der Waals surface area contributed by atoms with E-state index in [1.54, 1.807) is 12.1 Å². The van der Waals surface area contributed by atoms with Gasteiger partial charge in [0.25, 0.3) is 5.91 Å². The smallest absolute Gasteiger partial charge is 0.340 e. The molecule has 0 fully saturated rings. The molecule has 0 radical (unpaired) electrons. The van der Waals surface area contributed by atoms with Gasteiger partial charge in [-0.25, -0.2) is 4.79 Å². The Morgan fingerprint density at radius 1 is 1.09 bits per heavy atom. The van der Waals surface area contributed by atoms with Gasteiger partial charge in [-0.05, 0) is 44.5 Å². The number of esters is 1. The highest BCUT2D eigenvalue weighted by Crippen LogP contribution is 2.30. The number of ether oxygens (including phenoxy) is 2. The molecule has 1 aliphatic heterocycles. The molecule has 184 valence electrons. The van der Waals surface area contributed by atoms with Gasteiger partial charge in [-0.1, -0.05) is 44.2 Å². The maximum absolute atomic E-state index is 13.6. The Kier molecular flexibility index (Phi) is 7.98. The lowest BCUT2D eigenvalue weighted by Gasteiger charge is -2.30. The van der Waals surface area contributed by atoms with E-state index in [1.807, 2.05) is 50.2 Å². The highest BCUT2D eigenvalue weighted by atomic mass is 16.5. The molecule has 1 atom stereocenters. The monoisotopic (exact) mass is 475 g/mol. The zero-order valence-electron chi connectivity index (χ0n) is 20.7. The SMILES string of the molecule is CCCN1CCc2nc3ccccc3c(C(=O)OC(CC)C(=O)Nc3ccccc3OCC)c2C1. The van der Waals surface area contributed by atoms with Gasteiger partial charge in [-0.15, -0.1) is 0 Å². The predicted molar refractivity (Wildman–Crippen MR) is 137 cm³/mol. The average molecular weight is 476 g/mol. The van der Waals surface area contributed by atoms with Gasteiger partial charge in [0.1, 0.15) is 5.75 Å². The van der Waals surface area contributed by atoms with E-state index in [4.69, 9.17) is 14.5 Å². The van der Waals surface area contributed by atoms with Crippen LogP contribution in [-0.2, 0) is 22.5 Å². The van der Waals surface area contributed by atoms with E-state index in [0.29, 0.717) is 36.6 Å². The van der Waals surface area contributed by atoms with E-state index in [2.05, 4.69) is 17.1 Å². The largest absolute Gasteiger partial charge is 0.492 e. The van der Waals surface area contributed by atoms with Crippen LogP contribution in [0.15, 0.2) is 48.5 Å². The summed E-state index contributed by atoms with van der Waals surface area (Å²) in [5.74, 6) is -0.291. The summed E-state index contributed by atoms with van der Waals surface area (Å²) in [4.78, 5) is 33.9. The van der Waals surface area contributed by atoms with Crippen molar-refractivity contribution in [1.29, 1.82) is 0 Å². The predicted octanol–water partition coefficient (Wildman–Crippen LogP) is 4.98. The standard InChI is InChI=1S/C28H33N3O4/c1-4-16-31-17-15-22-20(18-31)26(19-11-7-8-12-21(19)29-22)28(33)35-24(5-2)27(32)30-23-13-9-10-14-25(23)34-6-3/h7-14,24H,4-6,15-18H2,1-3H3,(H,30,32). The van der Waals surface area contributed by atoms with Crippen LogP contribution in [0.3, 0.4) is 0 Å². The number of benzene rings is 2. The van der Waals surface area contributed by atoms with E-state index in [-0.39, 0.29) is 5.91 Å². The molecule has 7 nitrogen and oxygen atoms in total. The Morgan fingerprint density at radius 3 is 2.63 bits per heavy atom. The van der Waals surface area contributed by atoms with E-state index in [9.17, 15) is 9.59 Å². The molecule has 1 N–H and O–H groups in total. The number of amides is 1. The van der Waals surface area contributed by atoms with Crippen LogP contribution >= 0.6 is 0 Å². The summed E-state index contributed by atoms with van der Waals surface area (Å²) < 4.78 is 11.5. The molecular formula is C28H33N3O4. The average Bonchev–Trinajstić information content (AvgIpc) is 2.87. The fourth-order valence-electron chi connectivity index (χ4n) is 4.56. The fourth-order valence-corrected chi connectivity index (χ4v) is 4.56. The second kappa shape index (κ2) is 11.3. The highest BCUT2D eigenvalue weighted by Gasteiger charge is 2.29. The van der Waals surface area contributed by atoms with Gasteiger partial charge in [-0.2, -0.15) is 0 Å². The third-order valence-electron chi connectivity index (χ3n) is 6.23. The zero-order valence-corrected chi connectivity index (χ0v) is 20.7. The number of fused-ring (bicyclic) bond motifs is 2. The summed E-state index contributed by atoms with van der Waals surface area (Å²) in [7, 11) is 0. The Morgan fingerprint density at radius 2 is 1.86 bits per heavy atom. The molecule has 0 bridgehead atoms. The fraction of sp³-hybridized carbons (Fsp3) is 0.393. The number of nitrogens with one attached hydrogen (secondary N) is 1. The highest BCUT2D eigenvalue weighted by molar-refractivity contribution is 6.06. The molecular weight excluding hydrogens is 442 g/mol. The summed E-state index contributed by atoms with van der Waals surface area (Å²) in [6.45, 7) is 8.87. The van der Waals surface area contributed by atoms with Gasteiger partial charge in [-0.3, -0.25) is 14.7 Å². The third kappa shape index (κ3) is 5.46. The molecule has 2 heterocycles. The van der Waals surface area contributed by atoms with E-state index in [1.165, 1.54) is 0 Å². The molecule has 0 saturated carbocycles. The van der Waals surface area contributed by atoms with Gasteiger partial charge >= 0.3 is 5.97 Å². The van der Waals surface area contributed by atoms with Crippen molar-refractivity contribution in [2.75, 3.05) is 25.0 Å². The number of aromatic nitrogens is 1. The molecule has 1 aromatic heterocycles. The Labute approximate surface area is 206 Å². The Bertz CT molecular complexity index is 1210. The van der Waals surface area contributed by atoms with Crippen LogP contribution in [0, 0.1) is 0 Å². The molecule has 4 rings (SSSR count). The maximum Gasteiger partial charge on any atom is 0.340 e. The van der Waals surface area contributed by atoms with E-state index < -0.39 is 12.1 Å². The van der Waals surface area contributed by atoms with Crippen molar-refractivity contribution in [1.82, 2.24) is 9.88 Å². The number of rotatable bonds is 9. The van der Waals surface area contributed by atoms with Gasteiger partial charge < -0.3 is 14.8 Å². The number of hydrogen-bond acceptors (Lipinski definition) is 6. The first-order valence-corrected chi connectivity index (χ1v) is 12.4. The van der Waals surface area contributed by atoms with Crippen LogP contribution in [0.25, 0.3) is 10.9 Å². The molecule has 1 amide bonds. The Balaban J connectivity index is 1.62. The number of para-hydroxylation sites is 3. The first-order chi connectivity index (χ1) is 17.0. The van der Waals surface area contributed by atoms with E-state index >= 15 is 0 Å². The maximum atomic E-state index is 13.6. The molecule has 0 spiro atoms. The van der Waals surface area contributed by atoms with E-state index in [0.717, 1.165) is 48.1 Å². The summed E-state index contributed by atoms with van der Waals surface area (Å²) in [5.41, 5.74) is 3.69. The number of nitrogens with zero attached hydrogens (tertiary/aromatic N) is 2. The lowest BCUT2D eigenvalue weighted by molar-refractivity contribution is -0.124. The minimum atomic E-state index is -0.935. The lowest BCUT2D eigenvalue weighted by atomic mass is 9.95. The summed E-state index contributed by atoms with van der Waals surface area (Å²) in [6.07, 6.45) is 1.24. The number of carbonyl (C=O) groups excluding carboxylic acids is 2. The Hall–Kier alpha value is -3.45. The lowest BCUT2D eigenvalue weighted by Crippen LogP contribution is -2.35. The molecule has 1 unspecified atom stereocenters. The van der Waals surface area contributed by atoms with Crippen LogP contribution in [0.1, 0.15) is 55.2 Å². The minimum absolute atomic E-state index is 0.349. The normalized spacial score (nSPS) is 14.3. The van der Waals surface area contributed by atoms with Crippen molar-refractivity contribution in [3.8, 4) is 5.75 Å². The second-order valence-electron chi connectivity index (χ2n) is 8.68. The van der Waals surface area contributed by atoms with Crippen LogP contribution in [0.2, 0.25) is 0 Å². The summed E-state index contributed by atoms with van der Waals surface area (Å²) in [5, 5.41) is 3.62. The van der Waals surface area contributed by atoms with Gasteiger partial charge in [0, 0.05) is 36.2 Å². The first-order valence-electron chi connectivity index (χ1n) is 12.4. The molecule has 2 aromatic carbocycles. The summed E-state index contributed by atoms with van der Waals surface area (Å²) >= 11 is 0. The van der Waals surface area contributed by atoms with Crippen molar-refractivity contribution >= 4 is 28.5 Å². The molecule has 3 aromatic rings. The van der Waals surface area contributed by atoms with Crippen molar-refractivity contribution in [3.63, 3.8) is 0 Å². The zero-order chi connectivity index (χ0) is 24.8. The van der Waals surface area contributed by atoms with Gasteiger partial charge in [0.05, 0.1) is 23.4 Å². The van der Waals surface area contributed by atoms with Gasteiger partial charge in [0.2, 0.25) is 0 Å². The van der Waals surface area contributed by atoms with Crippen LogP contribution < -0.4 is 10.1 Å². The van der Waals surface area contributed by atoms with Crippen LogP contribution in [0.5, 0.6) is 5.75 Å². The number of carbonyl (C=O) groups is 2. The molecule has 1 aliphatic rings. The molecule has 0 aliphatic carbocycles. The second-order valence-corrected chi connectivity index (χ2v) is 8.68. The number of anilines is 1. The molecule has 0 saturated heterocycles. The van der Waals surface area contributed by atoms with Crippen molar-refractivity contribution < 1.29 is 19.1 Å². The quantitative estimate of drug-likeness (QED) is 0.440. The third-order valence-corrected chi connectivity index (χ3v) is 6.23. The first kappa shape index (κ1) is 24.7. The number of hydrogen-bond donors (Lipinski definition) is 1. The van der Waals surface area contributed by atoms with Crippen molar-refractivity contribution in [3.05, 3.63) is 65.4 Å². The minimum Gasteiger partial charge on any atom is -0.492 e. The molecule has 7 heteroatoms. The van der Waals surface area contributed by atoms with Gasteiger partial charge in [0.15, 0.2) is 6.10 Å².